The summed E-state index contributed by atoms with van der Waals surface area (Å²) >= 11 is 0. The number of rotatable bonds is 2. The molecule has 0 N–H and O–H groups in total. The minimum Gasteiger partial charge on any atom is -0.206 e. The lowest BCUT2D eigenvalue weighted by Crippen LogP contribution is -2.03. The van der Waals surface area contributed by atoms with Crippen LogP contribution in [-0.4, -0.2) is 0 Å². The van der Waals surface area contributed by atoms with Gasteiger partial charge >= 0.3 is 0 Å². The summed E-state index contributed by atoms with van der Waals surface area (Å²) in [5.74, 6) is -2.40. The molecule has 0 aliphatic carbocycles. The number of aryl methyl sites for hydroxylation is 1. The van der Waals surface area contributed by atoms with E-state index in [9.17, 15) is 13.2 Å². The highest BCUT2D eigenvalue weighted by Gasteiger charge is 2.12. The van der Waals surface area contributed by atoms with Crippen LogP contribution in [-0.2, 0) is 0 Å². The van der Waals surface area contributed by atoms with E-state index in [-0.39, 0.29) is 10.9 Å². The highest BCUT2D eigenvalue weighted by atomic mass is 31.0. The molecule has 4 heteroatoms. The van der Waals surface area contributed by atoms with Crippen LogP contribution in [0.3, 0.4) is 0 Å². The Kier molecular flexibility index (Phi) is 4.23. The van der Waals surface area contributed by atoms with Gasteiger partial charge in [0.25, 0.3) is 0 Å². The van der Waals surface area contributed by atoms with Gasteiger partial charge in [0.15, 0.2) is 11.6 Å². The van der Waals surface area contributed by atoms with Gasteiger partial charge in [0, 0.05) is 10.9 Å². The molecule has 0 radical (unpaired) electrons. The van der Waals surface area contributed by atoms with Gasteiger partial charge < -0.3 is 0 Å². The standard InChI is InChI=1S/C19H14F3P/c1-11-2-4-12(5-3-11)13-6-7-15(16(20)8-13)14-9-17(21)19(22)18(23)10-14/h2-10H,23H2,1H3. The van der Waals surface area contributed by atoms with Crippen molar-refractivity contribution in [1.29, 1.82) is 0 Å². The number of halogens is 3. The van der Waals surface area contributed by atoms with E-state index in [4.69, 9.17) is 0 Å². The van der Waals surface area contributed by atoms with Crippen LogP contribution >= 0.6 is 9.24 Å². The zero-order valence-corrected chi connectivity index (χ0v) is 13.6. The zero-order chi connectivity index (χ0) is 16.6. The van der Waals surface area contributed by atoms with Crippen molar-refractivity contribution in [2.24, 2.45) is 0 Å². The smallest absolute Gasteiger partial charge is 0.165 e. The maximum Gasteiger partial charge on any atom is 0.165 e. The van der Waals surface area contributed by atoms with Crippen molar-refractivity contribution in [3.05, 3.63) is 77.6 Å². The average molecular weight is 330 g/mol. The lowest BCUT2D eigenvalue weighted by molar-refractivity contribution is 0.515. The van der Waals surface area contributed by atoms with E-state index in [1.807, 2.05) is 31.2 Å². The van der Waals surface area contributed by atoms with Gasteiger partial charge in [-0.25, -0.2) is 13.2 Å². The SMILES string of the molecule is Cc1ccc(-c2ccc(-c3cc(F)c(F)c(P)c3)c(F)c2)cc1. The number of hydrogen-bond acceptors (Lipinski definition) is 0. The first-order valence-corrected chi connectivity index (χ1v) is 7.65. The van der Waals surface area contributed by atoms with Gasteiger partial charge in [-0.2, -0.15) is 0 Å². The third-order valence-corrected chi connectivity index (χ3v) is 4.14. The lowest BCUT2D eigenvalue weighted by atomic mass is 9.99. The van der Waals surface area contributed by atoms with Crippen LogP contribution in [0.25, 0.3) is 22.3 Å². The van der Waals surface area contributed by atoms with Crippen LogP contribution in [0.5, 0.6) is 0 Å². The molecule has 3 aromatic carbocycles. The Hall–Kier alpha value is -2.12. The van der Waals surface area contributed by atoms with Crippen molar-refractivity contribution in [2.45, 2.75) is 6.92 Å². The van der Waals surface area contributed by atoms with E-state index in [0.29, 0.717) is 5.56 Å². The summed E-state index contributed by atoms with van der Waals surface area (Å²) in [6.45, 7) is 1.98. The Balaban J connectivity index is 2.04. The molecule has 0 nitrogen and oxygen atoms in total. The van der Waals surface area contributed by atoms with Gasteiger partial charge in [0.05, 0.1) is 0 Å². The van der Waals surface area contributed by atoms with Gasteiger partial charge in [-0.05, 0) is 41.8 Å². The van der Waals surface area contributed by atoms with Crippen LogP contribution in [0, 0.1) is 24.4 Å². The highest BCUT2D eigenvalue weighted by Crippen LogP contribution is 2.29. The van der Waals surface area contributed by atoms with Gasteiger partial charge in [-0.3, -0.25) is 0 Å². The number of benzene rings is 3. The molecule has 0 saturated heterocycles. The van der Waals surface area contributed by atoms with E-state index in [0.717, 1.165) is 22.8 Å². The molecule has 23 heavy (non-hydrogen) atoms. The summed E-state index contributed by atoms with van der Waals surface area (Å²) in [6.07, 6.45) is 0. The molecule has 0 saturated carbocycles. The van der Waals surface area contributed by atoms with Gasteiger partial charge in [-0.15, -0.1) is 9.24 Å². The first-order valence-electron chi connectivity index (χ1n) is 7.07. The molecular weight excluding hydrogens is 316 g/mol. The molecule has 0 fully saturated rings. The summed E-state index contributed by atoms with van der Waals surface area (Å²) in [5, 5.41) is 0.0713. The van der Waals surface area contributed by atoms with Crippen molar-refractivity contribution in [2.75, 3.05) is 0 Å². The molecule has 1 atom stereocenters. The fourth-order valence-corrected chi connectivity index (χ4v) is 2.76. The van der Waals surface area contributed by atoms with Gasteiger partial charge in [-0.1, -0.05) is 42.0 Å². The Bertz CT molecular complexity index is 847. The maximum absolute atomic E-state index is 14.4. The molecule has 0 bridgehead atoms. The van der Waals surface area contributed by atoms with Crippen LogP contribution in [0.15, 0.2) is 54.6 Å². The molecule has 0 heterocycles. The monoisotopic (exact) mass is 330 g/mol. The van der Waals surface area contributed by atoms with Crippen molar-refractivity contribution in [1.82, 2.24) is 0 Å². The van der Waals surface area contributed by atoms with E-state index in [1.54, 1.807) is 12.1 Å². The third-order valence-electron chi connectivity index (χ3n) is 3.72. The third kappa shape index (κ3) is 3.16. The van der Waals surface area contributed by atoms with E-state index < -0.39 is 17.5 Å². The van der Waals surface area contributed by atoms with E-state index in [2.05, 4.69) is 9.24 Å². The number of hydrogen-bond donors (Lipinski definition) is 0. The normalized spacial score (nSPS) is 10.8. The van der Waals surface area contributed by atoms with Crippen LogP contribution in [0.2, 0.25) is 0 Å². The second-order valence-electron chi connectivity index (χ2n) is 5.42. The summed E-state index contributed by atoms with van der Waals surface area (Å²) < 4.78 is 41.3. The predicted octanol–water partition coefficient (Wildman–Crippen LogP) is 5.25. The van der Waals surface area contributed by atoms with E-state index >= 15 is 0 Å². The Morgan fingerprint density at radius 2 is 1.30 bits per heavy atom. The quantitative estimate of drug-likeness (QED) is 0.563. The van der Waals surface area contributed by atoms with E-state index in [1.165, 1.54) is 12.1 Å². The molecule has 0 spiro atoms. The molecule has 0 aromatic heterocycles. The lowest BCUT2D eigenvalue weighted by Gasteiger charge is -2.09. The minimum absolute atomic E-state index is 0.0713. The Morgan fingerprint density at radius 1 is 0.696 bits per heavy atom. The van der Waals surface area contributed by atoms with Crippen LogP contribution < -0.4 is 5.30 Å². The van der Waals surface area contributed by atoms with Gasteiger partial charge in [0.1, 0.15) is 5.82 Å². The maximum atomic E-state index is 14.4. The van der Waals surface area contributed by atoms with Crippen molar-refractivity contribution >= 4 is 14.5 Å². The van der Waals surface area contributed by atoms with Crippen molar-refractivity contribution < 1.29 is 13.2 Å². The molecule has 0 aliphatic heterocycles. The van der Waals surface area contributed by atoms with Crippen molar-refractivity contribution in [3.8, 4) is 22.3 Å². The molecule has 116 valence electrons. The summed E-state index contributed by atoms with van der Waals surface area (Å²) in [6, 6.07) is 14.9. The molecular formula is C19H14F3P. The average Bonchev–Trinajstić information content (AvgIpc) is 2.53. The Morgan fingerprint density at radius 3 is 1.91 bits per heavy atom. The first kappa shape index (κ1) is 15.8. The molecule has 3 rings (SSSR count). The summed E-state index contributed by atoms with van der Waals surface area (Å²) in [5.41, 5.74) is 3.31. The zero-order valence-electron chi connectivity index (χ0n) is 12.4. The fourth-order valence-electron chi connectivity index (χ4n) is 2.44. The largest absolute Gasteiger partial charge is 0.206 e. The molecule has 0 amide bonds. The summed E-state index contributed by atoms with van der Waals surface area (Å²) in [4.78, 5) is 0. The molecule has 1 unspecified atom stereocenters. The van der Waals surface area contributed by atoms with Crippen molar-refractivity contribution in [3.63, 3.8) is 0 Å². The second-order valence-corrected chi connectivity index (χ2v) is 6.04. The van der Waals surface area contributed by atoms with Crippen LogP contribution in [0.4, 0.5) is 13.2 Å². The minimum atomic E-state index is -0.991. The Labute approximate surface area is 135 Å². The molecule has 3 aromatic rings. The topological polar surface area (TPSA) is 0 Å². The van der Waals surface area contributed by atoms with Crippen LogP contribution in [0.1, 0.15) is 5.56 Å². The second kappa shape index (κ2) is 6.17. The van der Waals surface area contributed by atoms with Gasteiger partial charge in [0.2, 0.25) is 0 Å². The summed E-state index contributed by atoms with van der Waals surface area (Å²) in [7, 11) is 2.12. The molecule has 0 aliphatic rings. The predicted molar refractivity (Wildman–Crippen MR) is 91.3 cm³/mol. The fraction of sp³-hybridized carbons (Fsp3) is 0.0526. The first-order chi connectivity index (χ1) is 11.0. The highest BCUT2D eigenvalue weighted by molar-refractivity contribution is 7.27.